The Balaban J connectivity index is 2.41. The highest BCUT2D eigenvalue weighted by Crippen LogP contribution is 2.36. The van der Waals surface area contributed by atoms with E-state index in [-0.39, 0.29) is 12.2 Å². The molecule has 1 N–H and O–H groups in total. The van der Waals surface area contributed by atoms with Crippen molar-refractivity contribution in [2.45, 2.75) is 19.8 Å². The number of Topliss-reactive ketones (excluding diaryl/α,β-unsaturated/α-hetero) is 1. The zero-order valence-corrected chi connectivity index (χ0v) is 9.64. The Morgan fingerprint density at radius 2 is 2.06 bits per heavy atom. The number of rotatable bonds is 3. The second-order valence-corrected chi connectivity index (χ2v) is 4.55. The summed E-state index contributed by atoms with van der Waals surface area (Å²) in [6.07, 6.45) is 3.89. The molecule has 0 saturated heterocycles. The van der Waals surface area contributed by atoms with Crippen molar-refractivity contribution in [2.75, 3.05) is 0 Å². The molecule has 2 rings (SSSR count). The van der Waals surface area contributed by atoms with Crippen LogP contribution in [0.25, 0.3) is 6.08 Å². The SMILES string of the molecule is CC(=O)CC1(C(=O)O)C=Cc2ccccc2C1. The topological polar surface area (TPSA) is 54.4 Å². The van der Waals surface area contributed by atoms with Crippen molar-refractivity contribution in [3.05, 3.63) is 41.5 Å². The van der Waals surface area contributed by atoms with Crippen molar-refractivity contribution in [1.82, 2.24) is 0 Å². The number of fused-ring (bicyclic) bond motifs is 1. The van der Waals surface area contributed by atoms with Crippen LogP contribution in [0.2, 0.25) is 0 Å². The third-order valence-electron chi connectivity index (χ3n) is 3.13. The number of hydrogen-bond acceptors (Lipinski definition) is 2. The Hall–Kier alpha value is -1.90. The summed E-state index contributed by atoms with van der Waals surface area (Å²) in [5.41, 5.74) is 0.951. The first kappa shape index (κ1) is 11.6. The maximum atomic E-state index is 11.4. The lowest BCUT2D eigenvalue weighted by molar-refractivity contribution is -0.148. The Kier molecular flexibility index (Phi) is 2.84. The number of aliphatic carboxylic acids is 1. The Morgan fingerprint density at radius 1 is 1.35 bits per heavy atom. The molecular formula is C14H14O3. The first-order valence-electron chi connectivity index (χ1n) is 5.53. The molecule has 0 spiro atoms. The number of hydrogen-bond donors (Lipinski definition) is 1. The molecule has 0 aromatic heterocycles. The average Bonchev–Trinajstić information content (AvgIpc) is 2.27. The zero-order valence-electron chi connectivity index (χ0n) is 9.64. The summed E-state index contributed by atoms with van der Waals surface area (Å²) in [6.45, 7) is 1.43. The first-order chi connectivity index (χ1) is 8.03. The summed E-state index contributed by atoms with van der Waals surface area (Å²) in [7, 11) is 0. The summed E-state index contributed by atoms with van der Waals surface area (Å²) in [5.74, 6) is -1.03. The first-order valence-corrected chi connectivity index (χ1v) is 5.53. The fourth-order valence-corrected chi connectivity index (χ4v) is 2.29. The molecular weight excluding hydrogens is 216 g/mol. The zero-order chi connectivity index (χ0) is 12.5. The maximum absolute atomic E-state index is 11.4. The van der Waals surface area contributed by atoms with Gasteiger partial charge in [-0.25, -0.2) is 0 Å². The Labute approximate surface area is 99.8 Å². The lowest BCUT2D eigenvalue weighted by Crippen LogP contribution is -2.35. The van der Waals surface area contributed by atoms with Crippen LogP contribution in [-0.4, -0.2) is 16.9 Å². The molecule has 0 amide bonds. The van der Waals surface area contributed by atoms with Gasteiger partial charge >= 0.3 is 5.97 Å². The largest absolute Gasteiger partial charge is 0.481 e. The normalized spacial score (nSPS) is 21.9. The lowest BCUT2D eigenvalue weighted by Gasteiger charge is -2.29. The number of carboxylic acid groups (broad SMARTS) is 1. The summed E-state index contributed by atoms with van der Waals surface area (Å²) in [4.78, 5) is 22.7. The molecule has 0 bridgehead atoms. The van der Waals surface area contributed by atoms with Crippen LogP contribution in [0.4, 0.5) is 0 Å². The van der Waals surface area contributed by atoms with Gasteiger partial charge in [0, 0.05) is 6.42 Å². The van der Waals surface area contributed by atoms with E-state index in [2.05, 4.69) is 0 Å². The van der Waals surface area contributed by atoms with Crippen LogP contribution in [0.1, 0.15) is 24.5 Å². The van der Waals surface area contributed by atoms with E-state index in [1.54, 1.807) is 12.2 Å². The summed E-state index contributed by atoms with van der Waals surface area (Å²) in [6, 6.07) is 7.67. The van der Waals surface area contributed by atoms with Gasteiger partial charge in [-0.15, -0.1) is 0 Å². The van der Waals surface area contributed by atoms with Crippen molar-refractivity contribution >= 4 is 17.8 Å². The van der Waals surface area contributed by atoms with Gasteiger partial charge in [0.25, 0.3) is 0 Å². The van der Waals surface area contributed by atoms with E-state index in [9.17, 15) is 14.7 Å². The Morgan fingerprint density at radius 3 is 2.71 bits per heavy atom. The highest BCUT2D eigenvalue weighted by Gasteiger charge is 2.39. The molecule has 0 heterocycles. The number of carbonyl (C=O) groups is 2. The number of benzene rings is 1. The van der Waals surface area contributed by atoms with Crippen LogP contribution >= 0.6 is 0 Å². The minimum absolute atomic E-state index is 0.0488. The van der Waals surface area contributed by atoms with Crippen LogP contribution in [-0.2, 0) is 16.0 Å². The van der Waals surface area contributed by atoms with Crippen LogP contribution in [0.5, 0.6) is 0 Å². The molecule has 3 nitrogen and oxygen atoms in total. The van der Waals surface area contributed by atoms with E-state index in [0.717, 1.165) is 11.1 Å². The minimum Gasteiger partial charge on any atom is -0.481 e. The van der Waals surface area contributed by atoms with E-state index in [0.29, 0.717) is 6.42 Å². The van der Waals surface area contributed by atoms with Crippen molar-refractivity contribution in [2.24, 2.45) is 5.41 Å². The number of carbonyl (C=O) groups excluding carboxylic acids is 1. The predicted octanol–water partition coefficient (Wildman–Crippen LogP) is 2.31. The number of ketones is 1. The smallest absolute Gasteiger partial charge is 0.314 e. The fourth-order valence-electron chi connectivity index (χ4n) is 2.29. The van der Waals surface area contributed by atoms with E-state index < -0.39 is 11.4 Å². The van der Waals surface area contributed by atoms with Crippen LogP contribution < -0.4 is 0 Å². The monoisotopic (exact) mass is 230 g/mol. The van der Waals surface area contributed by atoms with Gasteiger partial charge in [-0.05, 0) is 24.5 Å². The molecule has 0 aliphatic heterocycles. The fraction of sp³-hybridized carbons (Fsp3) is 0.286. The van der Waals surface area contributed by atoms with Crippen molar-refractivity contribution in [1.29, 1.82) is 0 Å². The van der Waals surface area contributed by atoms with Gasteiger partial charge in [0.2, 0.25) is 0 Å². The third kappa shape index (κ3) is 2.13. The highest BCUT2D eigenvalue weighted by atomic mass is 16.4. The highest BCUT2D eigenvalue weighted by molar-refractivity contribution is 5.88. The van der Waals surface area contributed by atoms with Gasteiger partial charge in [0.15, 0.2) is 0 Å². The molecule has 17 heavy (non-hydrogen) atoms. The average molecular weight is 230 g/mol. The standard InChI is InChI=1S/C14H14O3/c1-10(15)8-14(13(16)17)7-6-11-4-2-3-5-12(11)9-14/h2-7H,8-9H2,1H3,(H,16,17). The minimum atomic E-state index is -1.07. The second kappa shape index (κ2) is 4.17. The molecule has 1 aliphatic rings. The van der Waals surface area contributed by atoms with Gasteiger partial charge in [-0.3, -0.25) is 9.59 Å². The molecule has 0 fully saturated rings. The molecule has 3 heteroatoms. The molecule has 0 radical (unpaired) electrons. The molecule has 1 atom stereocenters. The third-order valence-corrected chi connectivity index (χ3v) is 3.13. The van der Waals surface area contributed by atoms with Crippen LogP contribution in [0, 0.1) is 5.41 Å². The molecule has 1 aliphatic carbocycles. The second-order valence-electron chi connectivity index (χ2n) is 4.55. The Bertz CT molecular complexity index is 502. The molecule has 88 valence electrons. The van der Waals surface area contributed by atoms with Crippen molar-refractivity contribution in [3.8, 4) is 0 Å². The quantitative estimate of drug-likeness (QED) is 0.866. The summed E-state index contributed by atoms with van der Waals surface area (Å²) >= 11 is 0. The van der Waals surface area contributed by atoms with Crippen molar-refractivity contribution in [3.63, 3.8) is 0 Å². The van der Waals surface area contributed by atoms with Crippen LogP contribution in [0.3, 0.4) is 0 Å². The van der Waals surface area contributed by atoms with Gasteiger partial charge < -0.3 is 5.11 Å². The van der Waals surface area contributed by atoms with E-state index in [1.165, 1.54) is 6.92 Å². The van der Waals surface area contributed by atoms with E-state index in [4.69, 9.17) is 0 Å². The lowest BCUT2D eigenvalue weighted by atomic mass is 9.73. The number of carboxylic acids is 1. The molecule has 0 saturated carbocycles. The van der Waals surface area contributed by atoms with Gasteiger partial charge in [0.1, 0.15) is 5.78 Å². The predicted molar refractivity (Wildman–Crippen MR) is 64.5 cm³/mol. The molecule has 1 aromatic carbocycles. The summed E-state index contributed by atoms with van der Waals surface area (Å²) in [5, 5.41) is 9.36. The van der Waals surface area contributed by atoms with Gasteiger partial charge in [0.05, 0.1) is 5.41 Å². The van der Waals surface area contributed by atoms with Crippen LogP contribution in [0.15, 0.2) is 30.3 Å². The van der Waals surface area contributed by atoms with E-state index >= 15 is 0 Å². The van der Waals surface area contributed by atoms with Gasteiger partial charge in [-0.2, -0.15) is 0 Å². The van der Waals surface area contributed by atoms with E-state index in [1.807, 2.05) is 24.3 Å². The summed E-state index contributed by atoms with van der Waals surface area (Å²) < 4.78 is 0. The molecule has 1 aromatic rings. The molecule has 1 unspecified atom stereocenters. The van der Waals surface area contributed by atoms with Gasteiger partial charge in [-0.1, -0.05) is 36.4 Å². The van der Waals surface area contributed by atoms with Crippen molar-refractivity contribution < 1.29 is 14.7 Å². The maximum Gasteiger partial charge on any atom is 0.314 e.